The molecular weight excluding hydrogens is 190 g/mol. The Morgan fingerprint density at radius 1 is 1.46 bits per heavy atom. The van der Waals surface area contributed by atoms with Crippen LogP contribution in [0.1, 0.15) is 5.56 Å². The highest BCUT2D eigenvalue weighted by molar-refractivity contribution is 6.30. The van der Waals surface area contributed by atoms with Gasteiger partial charge in [0.15, 0.2) is 0 Å². The SMILES string of the molecule is COC(=O)/N=C/c1ccc(Cl)cc1. The molecule has 1 amide bonds. The van der Waals surface area contributed by atoms with Gasteiger partial charge in [0.2, 0.25) is 0 Å². The van der Waals surface area contributed by atoms with Gasteiger partial charge in [0, 0.05) is 11.2 Å². The van der Waals surface area contributed by atoms with Gasteiger partial charge in [-0.3, -0.25) is 0 Å². The van der Waals surface area contributed by atoms with Crippen molar-refractivity contribution in [1.82, 2.24) is 0 Å². The molecule has 0 atom stereocenters. The van der Waals surface area contributed by atoms with Crippen LogP contribution in [0.25, 0.3) is 0 Å². The molecule has 3 nitrogen and oxygen atoms in total. The van der Waals surface area contributed by atoms with Crippen molar-refractivity contribution in [3.63, 3.8) is 0 Å². The largest absolute Gasteiger partial charge is 0.451 e. The first-order valence-corrected chi connectivity index (χ1v) is 3.98. The number of carbonyl (C=O) groups excluding carboxylic acids is 1. The van der Waals surface area contributed by atoms with Crippen LogP contribution in [-0.2, 0) is 4.74 Å². The van der Waals surface area contributed by atoms with Gasteiger partial charge in [-0.1, -0.05) is 23.7 Å². The molecule has 0 aliphatic carbocycles. The molecule has 0 aliphatic heterocycles. The van der Waals surface area contributed by atoms with Gasteiger partial charge in [-0.05, 0) is 17.7 Å². The lowest BCUT2D eigenvalue weighted by Gasteiger charge is -1.92. The van der Waals surface area contributed by atoms with Crippen molar-refractivity contribution >= 4 is 23.9 Å². The zero-order valence-corrected chi connectivity index (χ0v) is 7.78. The van der Waals surface area contributed by atoms with E-state index in [1.54, 1.807) is 24.3 Å². The Balaban J connectivity index is 2.69. The van der Waals surface area contributed by atoms with Crippen LogP contribution in [0.5, 0.6) is 0 Å². The van der Waals surface area contributed by atoms with E-state index in [-0.39, 0.29) is 0 Å². The average molecular weight is 198 g/mol. The van der Waals surface area contributed by atoms with E-state index in [0.717, 1.165) is 5.56 Å². The fraction of sp³-hybridized carbons (Fsp3) is 0.111. The second-order valence-corrected chi connectivity index (χ2v) is 2.72. The van der Waals surface area contributed by atoms with Gasteiger partial charge in [-0.15, -0.1) is 0 Å². The van der Waals surface area contributed by atoms with Gasteiger partial charge < -0.3 is 4.74 Å². The number of nitrogens with zero attached hydrogens (tertiary/aromatic N) is 1. The molecule has 0 fully saturated rings. The van der Waals surface area contributed by atoms with Gasteiger partial charge in [0.05, 0.1) is 7.11 Å². The minimum Gasteiger partial charge on any atom is -0.451 e. The molecule has 0 heterocycles. The smallest absolute Gasteiger partial charge is 0.433 e. The summed E-state index contributed by atoms with van der Waals surface area (Å²) in [4.78, 5) is 14.1. The summed E-state index contributed by atoms with van der Waals surface area (Å²) >= 11 is 5.67. The minimum absolute atomic E-state index is 0.616. The molecule has 0 aromatic heterocycles. The molecule has 0 unspecified atom stereocenters. The molecule has 0 saturated heterocycles. The van der Waals surface area contributed by atoms with E-state index < -0.39 is 6.09 Å². The second kappa shape index (κ2) is 4.62. The number of rotatable bonds is 1. The third-order valence-corrected chi connectivity index (χ3v) is 1.62. The van der Waals surface area contributed by atoms with Crippen molar-refractivity contribution in [1.29, 1.82) is 0 Å². The summed E-state index contributed by atoms with van der Waals surface area (Å²) in [7, 11) is 1.28. The highest BCUT2D eigenvalue weighted by atomic mass is 35.5. The van der Waals surface area contributed by atoms with Gasteiger partial charge >= 0.3 is 6.09 Å². The third kappa shape index (κ3) is 3.25. The Morgan fingerprint density at radius 2 is 2.08 bits per heavy atom. The first-order valence-electron chi connectivity index (χ1n) is 3.60. The molecule has 0 bridgehead atoms. The van der Waals surface area contributed by atoms with Crippen LogP contribution >= 0.6 is 11.6 Å². The second-order valence-electron chi connectivity index (χ2n) is 2.28. The normalized spacial score (nSPS) is 10.3. The minimum atomic E-state index is -0.616. The molecule has 1 aromatic carbocycles. The Hall–Kier alpha value is -1.35. The molecule has 0 radical (unpaired) electrons. The number of carbonyl (C=O) groups is 1. The number of hydrogen-bond donors (Lipinski definition) is 0. The molecule has 0 N–H and O–H groups in total. The van der Waals surface area contributed by atoms with Crippen LogP contribution in [0.4, 0.5) is 4.79 Å². The van der Waals surface area contributed by atoms with Crippen molar-refractivity contribution in [3.8, 4) is 0 Å². The molecular formula is C9H8ClNO2. The first-order chi connectivity index (χ1) is 6.22. The topological polar surface area (TPSA) is 38.7 Å². The van der Waals surface area contributed by atoms with Crippen molar-refractivity contribution in [2.75, 3.05) is 7.11 Å². The highest BCUT2D eigenvalue weighted by Crippen LogP contribution is 2.07. The maximum Gasteiger partial charge on any atom is 0.433 e. The zero-order valence-electron chi connectivity index (χ0n) is 7.03. The van der Waals surface area contributed by atoms with Gasteiger partial charge in [0.1, 0.15) is 0 Å². The van der Waals surface area contributed by atoms with Crippen molar-refractivity contribution in [2.24, 2.45) is 4.99 Å². The number of hydrogen-bond acceptors (Lipinski definition) is 2. The number of benzene rings is 1. The van der Waals surface area contributed by atoms with Crippen molar-refractivity contribution < 1.29 is 9.53 Å². The third-order valence-electron chi connectivity index (χ3n) is 1.36. The summed E-state index contributed by atoms with van der Waals surface area (Å²) in [6.45, 7) is 0. The summed E-state index contributed by atoms with van der Waals surface area (Å²) in [6, 6.07) is 6.96. The van der Waals surface area contributed by atoms with E-state index in [9.17, 15) is 4.79 Å². The lowest BCUT2D eigenvalue weighted by atomic mass is 10.2. The number of ether oxygens (including phenoxy) is 1. The molecule has 13 heavy (non-hydrogen) atoms. The van der Waals surface area contributed by atoms with Crippen LogP contribution in [0, 0.1) is 0 Å². The molecule has 68 valence electrons. The van der Waals surface area contributed by atoms with E-state index in [2.05, 4.69) is 9.73 Å². The van der Waals surface area contributed by atoms with Crippen LogP contribution in [0.15, 0.2) is 29.3 Å². The summed E-state index contributed by atoms with van der Waals surface area (Å²) in [5.41, 5.74) is 0.801. The number of amides is 1. The molecule has 1 aromatic rings. The zero-order chi connectivity index (χ0) is 9.68. The van der Waals surface area contributed by atoms with E-state index >= 15 is 0 Å². The lowest BCUT2D eigenvalue weighted by molar-refractivity contribution is 0.183. The summed E-state index contributed by atoms with van der Waals surface area (Å²) in [6.07, 6.45) is 0.803. The fourth-order valence-corrected chi connectivity index (χ4v) is 0.855. The molecule has 0 aliphatic rings. The molecule has 0 saturated carbocycles. The summed E-state index contributed by atoms with van der Waals surface area (Å²) < 4.78 is 4.33. The number of halogens is 1. The number of aliphatic imine (C=N–C) groups is 1. The van der Waals surface area contributed by atoms with Crippen LogP contribution < -0.4 is 0 Å². The van der Waals surface area contributed by atoms with Crippen molar-refractivity contribution in [2.45, 2.75) is 0 Å². The lowest BCUT2D eigenvalue weighted by Crippen LogP contribution is -1.93. The Morgan fingerprint density at radius 3 is 2.62 bits per heavy atom. The van der Waals surface area contributed by atoms with Crippen molar-refractivity contribution in [3.05, 3.63) is 34.9 Å². The molecule has 0 spiro atoms. The quantitative estimate of drug-likeness (QED) is 0.649. The van der Waals surface area contributed by atoms with Crippen LogP contribution in [0.3, 0.4) is 0 Å². The average Bonchev–Trinajstić information content (AvgIpc) is 2.16. The summed E-state index contributed by atoms with van der Waals surface area (Å²) in [5.74, 6) is 0. The standard InChI is InChI=1S/C9H8ClNO2/c1-13-9(12)11-6-7-2-4-8(10)5-3-7/h2-6H,1H3/b11-6+. The number of methoxy groups -OCH3 is 1. The summed E-state index contributed by atoms with van der Waals surface area (Å²) in [5, 5.41) is 0.648. The Kier molecular flexibility index (Phi) is 3.46. The Bertz CT molecular complexity index is 319. The van der Waals surface area contributed by atoms with Gasteiger partial charge in [-0.25, -0.2) is 4.79 Å². The predicted octanol–water partition coefficient (Wildman–Crippen LogP) is 2.53. The maximum atomic E-state index is 10.6. The predicted molar refractivity (Wildman–Crippen MR) is 51.5 cm³/mol. The molecule has 4 heteroatoms. The van der Waals surface area contributed by atoms with E-state index in [0.29, 0.717) is 5.02 Å². The van der Waals surface area contributed by atoms with E-state index in [4.69, 9.17) is 11.6 Å². The van der Waals surface area contributed by atoms with E-state index in [1.165, 1.54) is 13.3 Å². The van der Waals surface area contributed by atoms with Gasteiger partial charge in [0.25, 0.3) is 0 Å². The highest BCUT2D eigenvalue weighted by Gasteiger charge is 1.92. The van der Waals surface area contributed by atoms with Crippen LogP contribution in [-0.4, -0.2) is 19.4 Å². The first kappa shape index (κ1) is 9.74. The monoisotopic (exact) mass is 197 g/mol. The van der Waals surface area contributed by atoms with Crippen LogP contribution in [0.2, 0.25) is 5.02 Å². The van der Waals surface area contributed by atoms with E-state index in [1.807, 2.05) is 0 Å². The fourth-order valence-electron chi connectivity index (χ4n) is 0.729. The Labute approximate surface area is 81.0 Å². The maximum absolute atomic E-state index is 10.6. The van der Waals surface area contributed by atoms with Gasteiger partial charge in [-0.2, -0.15) is 4.99 Å². The molecule has 1 rings (SSSR count).